The second-order valence-corrected chi connectivity index (χ2v) is 4.22. The minimum absolute atomic E-state index is 0.0136. The van der Waals surface area contributed by atoms with Gasteiger partial charge in [-0.15, -0.1) is 0 Å². The van der Waals surface area contributed by atoms with Crippen LogP contribution in [0.25, 0.3) is 0 Å². The van der Waals surface area contributed by atoms with Crippen molar-refractivity contribution in [3.63, 3.8) is 0 Å². The number of pyridine rings is 2. The molecule has 0 spiro atoms. The predicted molar refractivity (Wildman–Crippen MR) is 69.5 cm³/mol. The van der Waals surface area contributed by atoms with Crippen LogP contribution in [-0.4, -0.2) is 22.4 Å². The summed E-state index contributed by atoms with van der Waals surface area (Å²) in [5, 5.41) is 2.64. The van der Waals surface area contributed by atoms with Gasteiger partial charge in [-0.2, -0.15) is 0 Å². The second-order valence-electron chi connectivity index (χ2n) is 3.86. The number of hydrogen-bond donors (Lipinski definition) is 1. The summed E-state index contributed by atoms with van der Waals surface area (Å²) >= 11 is 5.74. The van der Waals surface area contributed by atoms with Gasteiger partial charge in [-0.3, -0.25) is 9.78 Å². The molecule has 98 valence electrons. The summed E-state index contributed by atoms with van der Waals surface area (Å²) in [7, 11) is 0. The molecule has 1 N–H and O–H groups in total. The number of nitrogens with one attached hydrogen (secondary N) is 1. The van der Waals surface area contributed by atoms with Crippen molar-refractivity contribution in [3.05, 3.63) is 58.9 Å². The molecule has 0 aliphatic heterocycles. The van der Waals surface area contributed by atoms with E-state index in [-0.39, 0.29) is 10.7 Å². The highest BCUT2D eigenvalue weighted by Gasteiger charge is 2.12. The van der Waals surface area contributed by atoms with Gasteiger partial charge >= 0.3 is 0 Å². The van der Waals surface area contributed by atoms with Crippen LogP contribution in [0.5, 0.6) is 0 Å². The molecular weight excluding hydrogens is 269 g/mol. The molecule has 0 fully saturated rings. The third-order valence-corrected chi connectivity index (χ3v) is 2.77. The lowest BCUT2D eigenvalue weighted by molar-refractivity contribution is 0.0953. The molecule has 0 unspecified atom stereocenters. The Morgan fingerprint density at radius 2 is 2.26 bits per heavy atom. The first-order valence-corrected chi connectivity index (χ1v) is 6.03. The fraction of sp³-hybridized carbons (Fsp3) is 0.154. The molecule has 2 aromatic rings. The topological polar surface area (TPSA) is 54.9 Å². The van der Waals surface area contributed by atoms with Crippen molar-refractivity contribution < 1.29 is 9.18 Å². The minimum Gasteiger partial charge on any atom is -0.352 e. The fourth-order valence-electron chi connectivity index (χ4n) is 1.54. The maximum atomic E-state index is 13.0. The summed E-state index contributed by atoms with van der Waals surface area (Å²) in [4.78, 5) is 19.3. The van der Waals surface area contributed by atoms with Crippen molar-refractivity contribution in [1.82, 2.24) is 15.3 Å². The molecular formula is C13H11ClFN3O. The van der Waals surface area contributed by atoms with E-state index in [1.165, 1.54) is 0 Å². The van der Waals surface area contributed by atoms with Gasteiger partial charge in [0.05, 0.1) is 11.8 Å². The first kappa shape index (κ1) is 13.4. The highest BCUT2D eigenvalue weighted by atomic mass is 35.5. The zero-order valence-corrected chi connectivity index (χ0v) is 10.7. The van der Waals surface area contributed by atoms with Crippen LogP contribution < -0.4 is 5.32 Å². The molecule has 0 saturated heterocycles. The van der Waals surface area contributed by atoms with Crippen LogP contribution in [0.15, 0.2) is 36.8 Å². The molecule has 1 amide bonds. The smallest absolute Gasteiger partial charge is 0.254 e. The van der Waals surface area contributed by atoms with Crippen LogP contribution in [0.4, 0.5) is 4.39 Å². The van der Waals surface area contributed by atoms with E-state index in [0.717, 1.165) is 17.8 Å². The lowest BCUT2D eigenvalue weighted by Crippen LogP contribution is -2.26. The molecule has 6 heteroatoms. The third-order valence-electron chi connectivity index (χ3n) is 2.47. The zero-order chi connectivity index (χ0) is 13.7. The lowest BCUT2D eigenvalue weighted by Gasteiger charge is -2.06. The SMILES string of the molecule is O=C(NCCc1cccnc1)c1cc(F)cnc1Cl. The first-order valence-electron chi connectivity index (χ1n) is 5.65. The molecule has 0 atom stereocenters. The van der Waals surface area contributed by atoms with Crippen molar-refractivity contribution in [2.75, 3.05) is 6.54 Å². The van der Waals surface area contributed by atoms with Crippen molar-refractivity contribution in [2.45, 2.75) is 6.42 Å². The van der Waals surface area contributed by atoms with E-state index < -0.39 is 11.7 Å². The minimum atomic E-state index is -0.596. The molecule has 0 aliphatic carbocycles. The summed E-state index contributed by atoms with van der Waals surface area (Å²) in [5.74, 6) is -1.04. The van der Waals surface area contributed by atoms with Gasteiger partial charge in [0.25, 0.3) is 5.91 Å². The Kier molecular flexibility index (Phi) is 4.41. The van der Waals surface area contributed by atoms with Crippen molar-refractivity contribution in [1.29, 1.82) is 0 Å². The van der Waals surface area contributed by atoms with Crippen molar-refractivity contribution >= 4 is 17.5 Å². The number of carbonyl (C=O) groups is 1. The van der Waals surface area contributed by atoms with Gasteiger partial charge in [0.15, 0.2) is 0 Å². The Bertz CT molecular complexity index is 577. The Morgan fingerprint density at radius 3 is 3.00 bits per heavy atom. The lowest BCUT2D eigenvalue weighted by atomic mass is 10.2. The molecule has 4 nitrogen and oxygen atoms in total. The molecule has 0 bridgehead atoms. The maximum absolute atomic E-state index is 13.0. The van der Waals surface area contributed by atoms with Crippen LogP contribution in [0.3, 0.4) is 0 Å². The summed E-state index contributed by atoms with van der Waals surface area (Å²) < 4.78 is 13.0. The quantitative estimate of drug-likeness (QED) is 0.873. The van der Waals surface area contributed by atoms with Crippen LogP contribution in [0, 0.1) is 5.82 Å². The number of hydrogen-bond acceptors (Lipinski definition) is 3. The Hall–Kier alpha value is -2.01. The molecule has 0 saturated carbocycles. The van der Waals surface area contributed by atoms with Gasteiger partial charge in [-0.1, -0.05) is 17.7 Å². The summed E-state index contributed by atoms with van der Waals surface area (Å²) in [6.45, 7) is 0.414. The van der Waals surface area contributed by atoms with Gasteiger partial charge in [-0.25, -0.2) is 9.37 Å². The normalized spacial score (nSPS) is 10.2. The van der Waals surface area contributed by atoms with Gasteiger partial charge in [0.2, 0.25) is 0 Å². The fourth-order valence-corrected chi connectivity index (χ4v) is 1.73. The number of aromatic nitrogens is 2. The Balaban J connectivity index is 1.93. The molecule has 19 heavy (non-hydrogen) atoms. The van der Waals surface area contributed by atoms with E-state index in [1.54, 1.807) is 12.4 Å². The average Bonchev–Trinajstić information content (AvgIpc) is 2.42. The monoisotopic (exact) mass is 279 g/mol. The van der Waals surface area contributed by atoms with E-state index in [2.05, 4.69) is 15.3 Å². The van der Waals surface area contributed by atoms with Gasteiger partial charge in [0.1, 0.15) is 11.0 Å². The van der Waals surface area contributed by atoms with E-state index in [0.29, 0.717) is 13.0 Å². The Labute approximate surface area is 114 Å². The van der Waals surface area contributed by atoms with Crippen molar-refractivity contribution in [2.24, 2.45) is 0 Å². The molecule has 0 aromatic carbocycles. The number of amides is 1. The van der Waals surface area contributed by atoms with Gasteiger partial charge < -0.3 is 5.32 Å². The van der Waals surface area contributed by atoms with Gasteiger partial charge in [-0.05, 0) is 24.1 Å². The Morgan fingerprint density at radius 1 is 1.42 bits per heavy atom. The van der Waals surface area contributed by atoms with E-state index in [9.17, 15) is 9.18 Å². The highest BCUT2D eigenvalue weighted by Crippen LogP contribution is 2.13. The van der Waals surface area contributed by atoms with E-state index in [4.69, 9.17) is 11.6 Å². The third kappa shape index (κ3) is 3.72. The van der Waals surface area contributed by atoms with E-state index in [1.807, 2.05) is 12.1 Å². The summed E-state index contributed by atoms with van der Waals surface area (Å²) in [6, 6.07) is 4.80. The van der Waals surface area contributed by atoms with Crippen LogP contribution >= 0.6 is 11.6 Å². The maximum Gasteiger partial charge on any atom is 0.254 e. The number of halogens is 2. The van der Waals surface area contributed by atoms with Crippen LogP contribution in [-0.2, 0) is 6.42 Å². The summed E-state index contributed by atoms with van der Waals surface area (Å²) in [5.41, 5.74) is 1.04. The van der Waals surface area contributed by atoms with Gasteiger partial charge in [0, 0.05) is 18.9 Å². The standard InChI is InChI=1S/C13H11ClFN3O/c14-12-11(6-10(15)8-18-12)13(19)17-5-3-9-2-1-4-16-7-9/h1-2,4,6-8H,3,5H2,(H,17,19). The number of nitrogens with zero attached hydrogens (tertiary/aromatic N) is 2. The van der Waals surface area contributed by atoms with E-state index >= 15 is 0 Å². The highest BCUT2D eigenvalue weighted by molar-refractivity contribution is 6.32. The largest absolute Gasteiger partial charge is 0.352 e. The molecule has 2 heterocycles. The second kappa shape index (κ2) is 6.24. The van der Waals surface area contributed by atoms with Crippen LogP contribution in [0.2, 0.25) is 5.15 Å². The van der Waals surface area contributed by atoms with Crippen LogP contribution in [0.1, 0.15) is 15.9 Å². The zero-order valence-electron chi connectivity index (χ0n) is 9.94. The summed E-state index contributed by atoms with van der Waals surface area (Å²) in [6.07, 6.45) is 5.01. The molecule has 0 aliphatic rings. The first-order chi connectivity index (χ1) is 9.16. The predicted octanol–water partition coefficient (Wildman–Crippen LogP) is 2.24. The molecule has 0 radical (unpaired) electrons. The average molecular weight is 280 g/mol. The molecule has 2 aromatic heterocycles. The number of carbonyl (C=O) groups excluding carboxylic acids is 1. The molecule has 2 rings (SSSR count). The van der Waals surface area contributed by atoms with Crippen molar-refractivity contribution in [3.8, 4) is 0 Å². The number of rotatable bonds is 4.